The molecule has 0 aliphatic rings. The van der Waals surface area contributed by atoms with E-state index >= 15 is 0 Å². The quantitative estimate of drug-likeness (QED) is 0.483. The molecule has 0 amide bonds. The molecule has 0 fully saturated rings. The molecule has 0 unspecified atom stereocenters. The Morgan fingerprint density at radius 2 is 2.23 bits per heavy atom. The zero-order valence-corrected chi connectivity index (χ0v) is 10.3. The van der Waals surface area contributed by atoms with Gasteiger partial charge in [0.25, 0.3) is 0 Å². The van der Waals surface area contributed by atoms with Crippen LogP contribution in [-0.2, 0) is 0 Å². The first-order chi connectivity index (χ1) is 6.22. The number of aldehydes is 1. The number of hydrogen-bond donors (Lipinski definition) is 1. The van der Waals surface area contributed by atoms with Crippen molar-refractivity contribution >= 4 is 62.9 Å². The standard InChI is InChI=1S/C9H5IOS2/c10-7-2-1-5(4-11)9-6(7)3-8(12)13-9/h1-4,12H. The molecule has 0 saturated carbocycles. The van der Waals surface area contributed by atoms with Crippen molar-refractivity contribution < 1.29 is 4.79 Å². The topological polar surface area (TPSA) is 17.1 Å². The molecule has 1 heterocycles. The van der Waals surface area contributed by atoms with Crippen molar-refractivity contribution in [3.8, 4) is 0 Å². The first-order valence-electron chi connectivity index (χ1n) is 3.58. The van der Waals surface area contributed by atoms with Gasteiger partial charge in [-0.2, -0.15) is 0 Å². The second-order valence-electron chi connectivity index (χ2n) is 2.58. The highest BCUT2D eigenvalue weighted by Crippen LogP contribution is 2.33. The average Bonchev–Trinajstić information content (AvgIpc) is 2.48. The van der Waals surface area contributed by atoms with Crippen LogP contribution in [0.25, 0.3) is 10.1 Å². The fourth-order valence-electron chi connectivity index (χ4n) is 1.19. The van der Waals surface area contributed by atoms with E-state index in [0.717, 1.165) is 29.7 Å². The van der Waals surface area contributed by atoms with Gasteiger partial charge < -0.3 is 0 Å². The zero-order valence-electron chi connectivity index (χ0n) is 6.45. The molecule has 0 bridgehead atoms. The smallest absolute Gasteiger partial charge is 0.151 e. The molecular weight excluding hydrogens is 315 g/mol. The molecule has 1 nitrogen and oxygen atoms in total. The molecule has 1 aromatic carbocycles. The van der Waals surface area contributed by atoms with Crippen LogP contribution in [0.3, 0.4) is 0 Å². The van der Waals surface area contributed by atoms with E-state index in [1.807, 2.05) is 18.2 Å². The summed E-state index contributed by atoms with van der Waals surface area (Å²) in [4.78, 5) is 10.7. The summed E-state index contributed by atoms with van der Waals surface area (Å²) in [6.45, 7) is 0. The summed E-state index contributed by atoms with van der Waals surface area (Å²) in [6.07, 6.45) is 0.891. The molecule has 1 aromatic heterocycles. The van der Waals surface area contributed by atoms with Crippen LogP contribution in [0.4, 0.5) is 0 Å². The van der Waals surface area contributed by atoms with Crippen molar-refractivity contribution in [2.24, 2.45) is 0 Å². The van der Waals surface area contributed by atoms with Gasteiger partial charge in [-0.05, 0) is 40.8 Å². The van der Waals surface area contributed by atoms with Gasteiger partial charge in [0.2, 0.25) is 0 Å². The fraction of sp³-hybridized carbons (Fsp3) is 0. The van der Waals surface area contributed by atoms with Crippen LogP contribution in [0, 0.1) is 3.57 Å². The Kier molecular flexibility index (Phi) is 2.62. The number of carbonyl (C=O) groups excluding carboxylic acids is 1. The van der Waals surface area contributed by atoms with Gasteiger partial charge in [-0.15, -0.1) is 24.0 Å². The number of thiophene rings is 1. The highest BCUT2D eigenvalue weighted by molar-refractivity contribution is 14.1. The van der Waals surface area contributed by atoms with Crippen molar-refractivity contribution in [2.75, 3.05) is 0 Å². The predicted molar refractivity (Wildman–Crippen MR) is 67.2 cm³/mol. The third kappa shape index (κ3) is 1.62. The molecule has 13 heavy (non-hydrogen) atoms. The van der Waals surface area contributed by atoms with Crippen LogP contribution in [0.1, 0.15) is 10.4 Å². The third-order valence-corrected chi connectivity index (χ3v) is 4.11. The van der Waals surface area contributed by atoms with Crippen LogP contribution >= 0.6 is 46.6 Å². The van der Waals surface area contributed by atoms with Crippen LogP contribution < -0.4 is 0 Å². The van der Waals surface area contributed by atoms with E-state index in [1.165, 1.54) is 0 Å². The number of rotatable bonds is 1. The molecule has 2 rings (SSSR count). The third-order valence-electron chi connectivity index (χ3n) is 1.77. The number of benzene rings is 1. The Bertz CT molecular complexity index is 476. The van der Waals surface area contributed by atoms with Gasteiger partial charge in [0.15, 0.2) is 6.29 Å². The largest absolute Gasteiger partial charge is 0.298 e. The normalized spacial score (nSPS) is 10.6. The summed E-state index contributed by atoms with van der Waals surface area (Å²) >= 11 is 8.08. The maximum absolute atomic E-state index is 10.7. The Morgan fingerprint density at radius 1 is 1.46 bits per heavy atom. The lowest BCUT2D eigenvalue weighted by molar-refractivity contribution is 0.112. The number of hydrogen-bond acceptors (Lipinski definition) is 3. The van der Waals surface area contributed by atoms with Crippen molar-refractivity contribution in [2.45, 2.75) is 4.21 Å². The Morgan fingerprint density at radius 3 is 2.92 bits per heavy atom. The molecule has 0 atom stereocenters. The Labute approximate surface area is 98.7 Å². The predicted octanol–water partition coefficient (Wildman–Crippen LogP) is 3.61. The summed E-state index contributed by atoms with van der Waals surface area (Å²) in [7, 11) is 0. The molecule has 0 saturated heterocycles. The average molecular weight is 320 g/mol. The molecular formula is C9H5IOS2. The van der Waals surface area contributed by atoms with Crippen molar-refractivity contribution in [3.63, 3.8) is 0 Å². The molecule has 2 aromatic rings. The van der Waals surface area contributed by atoms with Gasteiger partial charge in [0.05, 0.1) is 4.21 Å². The lowest BCUT2D eigenvalue weighted by Gasteiger charge is -1.95. The summed E-state index contributed by atoms with van der Waals surface area (Å²) in [5.41, 5.74) is 0.751. The number of fused-ring (bicyclic) bond motifs is 1. The summed E-state index contributed by atoms with van der Waals surface area (Å²) < 4.78 is 3.14. The first-order valence-corrected chi connectivity index (χ1v) is 5.93. The van der Waals surface area contributed by atoms with Crippen LogP contribution in [0.15, 0.2) is 22.4 Å². The lowest BCUT2D eigenvalue weighted by atomic mass is 10.2. The molecule has 66 valence electrons. The number of thiol groups is 1. The van der Waals surface area contributed by atoms with E-state index in [0.29, 0.717) is 0 Å². The Balaban J connectivity index is 2.91. The van der Waals surface area contributed by atoms with E-state index < -0.39 is 0 Å². The molecule has 0 aliphatic carbocycles. The highest BCUT2D eigenvalue weighted by Gasteiger charge is 2.06. The summed E-state index contributed by atoms with van der Waals surface area (Å²) in [5.74, 6) is 0. The maximum Gasteiger partial charge on any atom is 0.151 e. The van der Waals surface area contributed by atoms with Gasteiger partial charge in [-0.25, -0.2) is 0 Å². The number of halogens is 1. The van der Waals surface area contributed by atoms with Gasteiger partial charge in [0, 0.05) is 19.2 Å². The monoisotopic (exact) mass is 320 g/mol. The fourth-order valence-corrected chi connectivity index (χ4v) is 3.28. The minimum Gasteiger partial charge on any atom is -0.298 e. The van der Waals surface area contributed by atoms with Gasteiger partial charge in [-0.3, -0.25) is 4.79 Å². The highest BCUT2D eigenvalue weighted by atomic mass is 127. The number of carbonyl (C=O) groups is 1. The van der Waals surface area contributed by atoms with Crippen molar-refractivity contribution in [3.05, 3.63) is 27.3 Å². The minimum absolute atomic E-state index is 0.751. The minimum atomic E-state index is 0.751. The van der Waals surface area contributed by atoms with E-state index in [2.05, 4.69) is 35.2 Å². The molecule has 4 heteroatoms. The second kappa shape index (κ2) is 3.59. The van der Waals surface area contributed by atoms with Gasteiger partial charge in [-0.1, -0.05) is 0 Å². The molecule has 0 aliphatic heterocycles. The van der Waals surface area contributed by atoms with E-state index in [4.69, 9.17) is 0 Å². The first kappa shape index (κ1) is 9.48. The van der Waals surface area contributed by atoms with E-state index in [9.17, 15) is 4.79 Å². The molecule has 0 spiro atoms. The zero-order chi connectivity index (χ0) is 9.42. The lowest BCUT2D eigenvalue weighted by Crippen LogP contribution is -1.80. The van der Waals surface area contributed by atoms with Crippen molar-refractivity contribution in [1.29, 1.82) is 0 Å². The van der Waals surface area contributed by atoms with Crippen LogP contribution in [-0.4, -0.2) is 6.29 Å². The van der Waals surface area contributed by atoms with Crippen molar-refractivity contribution in [1.82, 2.24) is 0 Å². The molecule has 0 N–H and O–H groups in total. The maximum atomic E-state index is 10.7. The summed E-state index contributed by atoms with van der Waals surface area (Å²) in [6, 6.07) is 5.80. The van der Waals surface area contributed by atoms with Crippen LogP contribution in [0.2, 0.25) is 0 Å². The summed E-state index contributed by atoms with van der Waals surface area (Å²) in [5, 5.41) is 1.13. The van der Waals surface area contributed by atoms with Crippen LogP contribution in [0.5, 0.6) is 0 Å². The van der Waals surface area contributed by atoms with Gasteiger partial charge >= 0.3 is 0 Å². The molecule has 0 radical (unpaired) electrons. The SMILES string of the molecule is O=Cc1ccc(I)c2cc(S)sc12. The van der Waals surface area contributed by atoms with Gasteiger partial charge in [0.1, 0.15) is 0 Å². The second-order valence-corrected chi connectivity index (χ2v) is 5.58. The van der Waals surface area contributed by atoms with E-state index in [-0.39, 0.29) is 0 Å². The van der Waals surface area contributed by atoms with E-state index in [1.54, 1.807) is 11.3 Å². The Hall–Kier alpha value is -0.0700.